The zero-order valence-electron chi connectivity index (χ0n) is 16.2. The molecule has 3 aromatic rings. The number of hydrogen-bond donors (Lipinski definition) is 1. The number of amides is 3. The van der Waals surface area contributed by atoms with Crippen LogP contribution < -0.4 is 15.0 Å². The first-order valence-corrected chi connectivity index (χ1v) is 9.76. The summed E-state index contributed by atoms with van der Waals surface area (Å²) in [6, 6.07) is 22.4. The Morgan fingerprint density at radius 3 is 2.42 bits per heavy atom. The molecule has 152 valence electrons. The smallest absolute Gasteiger partial charge is 0.333 e. The molecule has 0 atom stereocenters. The van der Waals surface area contributed by atoms with E-state index in [0.29, 0.717) is 22.0 Å². The summed E-state index contributed by atoms with van der Waals surface area (Å²) in [5.41, 5.74) is 2.72. The Kier molecular flexibility index (Phi) is 5.69. The van der Waals surface area contributed by atoms with Gasteiger partial charge in [-0.05, 0) is 54.1 Å². The molecule has 1 aliphatic rings. The van der Waals surface area contributed by atoms with Crippen LogP contribution in [-0.4, -0.2) is 11.9 Å². The highest BCUT2D eigenvalue weighted by Gasteiger charge is 2.34. The maximum Gasteiger partial charge on any atom is 0.333 e. The zero-order chi connectivity index (χ0) is 21.8. The molecule has 1 heterocycles. The highest BCUT2D eigenvalue weighted by molar-refractivity contribution is 6.31. The predicted molar refractivity (Wildman–Crippen MR) is 117 cm³/mol. The SMILES string of the molecule is N#Cc1ccccc1COc1ccc(/C=C2/NC(=O)N(c3ccc(Cl)cc3)C2=O)cc1. The molecule has 0 aliphatic carbocycles. The lowest BCUT2D eigenvalue weighted by molar-refractivity contribution is -0.113. The van der Waals surface area contributed by atoms with E-state index in [2.05, 4.69) is 11.4 Å². The number of imide groups is 1. The van der Waals surface area contributed by atoms with Crippen LogP contribution in [0.4, 0.5) is 10.5 Å². The molecule has 1 fully saturated rings. The molecule has 0 saturated carbocycles. The van der Waals surface area contributed by atoms with Gasteiger partial charge in [0, 0.05) is 10.6 Å². The van der Waals surface area contributed by atoms with E-state index in [9.17, 15) is 9.59 Å². The molecule has 1 saturated heterocycles. The van der Waals surface area contributed by atoms with Crippen LogP contribution in [0.15, 0.2) is 78.5 Å². The molecule has 0 radical (unpaired) electrons. The van der Waals surface area contributed by atoms with E-state index in [1.807, 2.05) is 18.2 Å². The third-order valence-electron chi connectivity index (χ3n) is 4.69. The number of halogens is 1. The Labute approximate surface area is 183 Å². The number of benzene rings is 3. The van der Waals surface area contributed by atoms with Gasteiger partial charge in [-0.1, -0.05) is 41.9 Å². The number of nitriles is 1. The second-order valence-electron chi connectivity index (χ2n) is 6.73. The summed E-state index contributed by atoms with van der Waals surface area (Å²) in [6.07, 6.45) is 1.60. The Morgan fingerprint density at radius 2 is 1.71 bits per heavy atom. The van der Waals surface area contributed by atoms with E-state index in [0.717, 1.165) is 16.0 Å². The quantitative estimate of drug-likeness (QED) is 0.462. The molecular weight excluding hydrogens is 414 g/mol. The third-order valence-corrected chi connectivity index (χ3v) is 4.94. The standard InChI is InChI=1S/C24H16ClN3O3/c25-19-7-9-20(10-8-19)28-23(29)22(27-24(28)30)13-16-5-11-21(12-6-16)31-15-18-4-2-1-3-17(18)14-26/h1-13H,15H2,(H,27,30)/b22-13+. The summed E-state index contributed by atoms with van der Waals surface area (Å²) < 4.78 is 5.75. The Bertz CT molecular complexity index is 1210. The van der Waals surface area contributed by atoms with Gasteiger partial charge in [0.1, 0.15) is 18.1 Å². The summed E-state index contributed by atoms with van der Waals surface area (Å²) in [5, 5.41) is 12.3. The van der Waals surface area contributed by atoms with Gasteiger partial charge in [0.15, 0.2) is 0 Å². The lowest BCUT2D eigenvalue weighted by Gasteiger charge is -2.11. The van der Waals surface area contributed by atoms with Gasteiger partial charge in [-0.25, -0.2) is 9.69 Å². The van der Waals surface area contributed by atoms with Gasteiger partial charge < -0.3 is 10.1 Å². The van der Waals surface area contributed by atoms with Gasteiger partial charge in [0.2, 0.25) is 0 Å². The highest BCUT2D eigenvalue weighted by atomic mass is 35.5. The highest BCUT2D eigenvalue weighted by Crippen LogP contribution is 2.24. The lowest BCUT2D eigenvalue weighted by Crippen LogP contribution is -2.30. The molecular formula is C24H16ClN3O3. The number of urea groups is 1. The molecule has 6 nitrogen and oxygen atoms in total. The Balaban J connectivity index is 1.46. The van der Waals surface area contributed by atoms with Crippen molar-refractivity contribution in [3.63, 3.8) is 0 Å². The van der Waals surface area contributed by atoms with Crippen molar-refractivity contribution in [2.24, 2.45) is 0 Å². The molecule has 7 heteroatoms. The number of carbonyl (C=O) groups is 2. The van der Waals surface area contributed by atoms with E-state index in [1.54, 1.807) is 60.7 Å². The van der Waals surface area contributed by atoms with Crippen molar-refractivity contribution in [2.45, 2.75) is 6.61 Å². The number of nitrogens with zero attached hydrogens (tertiary/aromatic N) is 2. The number of anilines is 1. The zero-order valence-corrected chi connectivity index (χ0v) is 17.0. The average molecular weight is 430 g/mol. The van der Waals surface area contributed by atoms with Crippen LogP contribution in [0, 0.1) is 11.3 Å². The molecule has 1 aliphatic heterocycles. The van der Waals surface area contributed by atoms with Crippen molar-refractivity contribution in [1.29, 1.82) is 5.26 Å². The number of rotatable bonds is 5. The predicted octanol–water partition coefficient (Wildman–Crippen LogP) is 4.89. The van der Waals surface area contributed by atoms with Crippen molar-refractivity contribution >= 4 is 35.3 Å². The fourth-order valence-corrected chi connectivity index (χ4v) is 3.23. The minimum atomic E-state index is -0.519. The van der Waals surface area contributed by atoms with Crippen LogP contribution >= 0.6 is 11.6 Å². The summed E-state index contributed by atoms with van der Waals surface area (Å²) in [4.78, 5) is 26.0. The van der Waals surface area contributed by atoms with Crippen LogP contribution in [0.2, 0.25) is 5.02 Å². The first-order valence-electron chi connectivity index (χ1n) is 9.39. The van der Waals surface area contributed by atoms with Gasteiger partial charge >= 0.3 is 6.03 Å². The Morgan fingerprint density at radius 1 is 1.00 bits per heavy atom. The van der Waals surface area contributed by atoms with E-state index in [-0.39, 0.29) is 12.3 Å². The van der Waals surface area contributed by atoms with Gasteiger partial charge in [-0.2, -0.15) is 5.26 Å². The van der Waals surface area contributed by atoms with Crippen molar-refractivity contribution < 1.29 is 14.3 Å². The molecule has 0 bridgehead atoms. The molecule has 0 unspecified atom stereocenters. The third kappa shape index (κ3) is 4.42. The van der Waals surface area contributed by atoms with E-state index in [1.165, 1.54) is 0 Å². The van der Waals surface area contributed by atoms with Crippen LogP contribution in [0.5, 0.6) is 5.75 Å². The lowest BCUT2D eigenvalue weighted by atomic mass is 10.1. The first-order chi connectivity index (χ1) is 15.0. The molecule has 4 rings (SSSR count). The van der Waals surface area contributed by atoms with E-state index >= 15 is 0 Å². The number of hydrogen-bond acceptors (Lipinski definition) is 4. The van der Waals surface area contributed by atoms with Crippen molar-refractivity contribution in [3.05, 3.63) is 100 Å². The fraction of sp³-hybridized carbons (Fsp3) is 0.0417. The summed E-state index contributed by atoms with van der Waals surface area (Å²) in [6.45, 7) is 0.273. The topological polar surface area (TPSA) is 82.4 Å². The minimum absolute atomic E-state index is 0.177. The summed E-state index contributed by atoms with van der Waals surface area (Å²) >= 11 is 5.87. The van der Waals surface area contributed by atoms with Crippen molar-refractivity contribution in [2.75, 3.05) is 4.90 Å². The Hall–Kier alpha value is -4.08. The molecule has 0 aromatic heterocycles. The molecule has 1 N–H and O–H groups in total. The van der Waals surface area contributed by atoms with Gasteiger partial charge in [-0.15, -0.1) is 0 Å². The van der Waals surface area contributed by atoms with Gasteiger partial charge in [0.05, 0.1) is 17.3 Å². The van der Waals surface area contributed by atoms with Crippen LogP contribution in [0.3, 0.4) is 0 Å². The second kappa shape index (κ2) is 8.74. The molecule has 31 heavy (non-hydrogen) atoms. The number of nitrogens with one attached hydrogen (secondary N) is 1. The maximum absolute atomic E-state index is 12.7. The molecule has 3 aromatic carbocycles. The second-order valence-corrected chi connectivity index (χ2v) is 7.17. The number of carbonyl (C=O) groups excluding carboxylic acids is 2. The van der Waals surface area contributed by atoms with Crippen LogP contribution in [0.25, 0.3) is 6.08 Å². The van der Waals surface area contributed by atoms with Crippen molar-refractivity contribution in [3.8, 4) is 11.8 Å². The maximum atomic E-state index is 12.7. The monoisotopic (exact) mass is 429 g/mol. The normalized spacial score (nSPS) is 14.5. The van der Waals surface area contributed by atoms with E-state index in [4.69, 9.17) is 21.6 Å². The largest absolute Gasteiger partial charge is 0.489 e. The summed E-state index contributed by atoms with van der Waals surface area (Å²) in [7, 11) is 0. The van der Waals surface area contributed by atoms with Crippen molar-refractivity contribution in [1.82, 2.24) is 5.32 Å². The first kappa shape index (κ1) is 20.2. The van der Waals surface area contributed by atoms with Gasteiger partial charge in [-0.3, -0.25) is 4.79 Å². The minimum Gasteiger partial charge on any atom is -0.489 e. The number of ether oxygens (including phenoxy) is 1. The van der Waals surface area contributed by atoms with E-state index < -0.39 is 11.9 Å². The fourth-order valence-electron chi connectivity index (χ4n) is 3.10. The van der Waals surface area contributed by atoms with Crippen LogP contribution in [0.1, 0.15) is 16.7 Å². The molecule has 0 spiro atoms. The molecule has 3 amide bonds. The summed E-state index contributed by atoms with van der Waals surface area (Å²) in [5.74, 6) is 0.181. The van der Waals surface area contributed by atoms with Crippen LogP contribution in [-0.2, 0) is 11.4 Å². The average Bonchev–Trinajstić information content (AvgIpc) is 3.07. The van der Waals surface area contributed by atoms with Gasteiger partial charge in [0.25, 0.3) is 5.91 Å².